The van der Waals surface area contributed by atoms with Crippen LogP contribution in [-0.2, 0) is 0 Å². The lowest BCUT2D eigenvalue weighted by Gasteiger charge is -2.28. The van der Waals surface area contributed by atoms with Gasteiger partial charge in [0.2, 0.25) is 0 Å². The number of nitrogens with zero attached hydrogens (tertiary/aromatic N) is 4. The van der Waals surface area contributed by atoms with Crippen LogP contribution in [0.1, 0.15) is 0 Å². The molecule has 0 radical (unpaired) electrons. The molecule has 0 aliphatic rings. The Labute approximate surface area is 262 Å². The molecule has 45 heavy (non-hydrogen) atoms. The summed E-state index contributed by atoms with van der Waals surface area (Å²) in [4.78, 5) is 9.41. The maximum atomic E-state index is 4.81. The summed E-state index contributed by atoms with van der Waals surface area (Å²) in [5.41, 5.74) is 9.76. The Balaban J connectivity index is 1.26. The molecule has 0 aliphatic carbocycles. The largest absolute Gasteiger partial charge is 0.311 e. The van der Waals surface area contributed by atoms with Gasteiger partial charge in [-0.25, -0.2) is 4.98 Å². The van der Waals surface area contributed by atoms with E-state index in [0.29, 0.717) is 0 Å². The number of fused-ring (bicyclic) bond motifs is 3. The van der Waals surface area contributed by atoms with Gasteiger partial charge in [0.05, 0.1) is 5.52 Å². The molecule has 4 nitrogen and oxygen atoms in total. The molecule has 2 heterocycles. The van der Waals surface area contributed by atoms with Crippen LogP contribution in [0.2, 0.25) is 0 Å². The van der Waals surface area contributed by atoms with Gasteiger partial charge in [-0.3, -0.25) is 4.57 Å². The third-order valence-electron chi connectivity index (χ3n) is 8.19. The molecule has 0 spiro atoms. The first-order valence-electron chi connectivity index (χ1n) is 15.2. The summed E-state index contributed by atoms with van der Waals surface area (Å²) in [5.74, 6) is 0. The fourth-order valence-corrected chi connectivity index (χ4v) is 6.19. The number of anilines is 6. The monoisotopic (exact) mass is 578 g/mol. The van der Waals surface area contributed by atoms with Crippen molar-refractivity contribution in [2.24, 2.45) is 0 Å². The lowest BCUT2D eigenvalue weighted by molar-refractivity contribution is 1.13. The number of para-hydroxylation sites is 4. The van der Waals surface area contributed by atoms with Crippen LogP contribution < -0.4 is 9.80 Å². The molecular weight excluding hydrogens is 548 g/mol. The molecule has 8 aromatic rings. The number of aromatic nitrogens is 2. The van der Waals surface area contributed by atoms with E-state index in [1.165, 1.54) is 0 Å². The Kier molecular flexibility index (Phi) is 6.78. The van der Waals surface area contributed by atoms with Crippen LogP contribution in [0, 0.1) is 0 Å². The molecular formula is C41H30N4. The van der Waals surface area contributed by atoms with Crippen LogP contribution >= 0.6 is 0 Å². The van der Waals surface area contributed by atoms with E-state index in [0.717, 1.165) is 61.7 Å². The van der Waals surface area contributed by atoms with Crippen molar-refractivity contribution in [3.8, 4) is 5.69 Å². The zero-order valence-corrected chi connectivity index (χ0v) is 24.6. The zero-order valence-electron chi connectivity index (χ0n) is 24.6. The van der Waals surface area contributed by atoms with Crippen LogP contribution in [0.3, 0.4) is 0 Å². The fraction of sp³-hybridized carbons (Fsp3) is 0. The predicted octanol–water partition coefficient (Wildman–Crippen LogP) is 11.1. The van der Waals surface area contributed by atoms with E-state index in [9.17, 15) is 0 Å². The number of pyridine rings is 1. The summed E-state index contributed by atoms with van der Waals surface area (Å²) in [7, 11) is 0. The standard InChI is InChI=1S/C41H30N4/c1-5-14-31(15-6-1)43(32-16-7-2-8-17-32)35-23-25-36(26-24-35)44(33-18-9-3-10-19-33)37-27-28-40-39(30-37)38-22-13-29-42-41(38)45(40)34-20-11-4-12-21-34/h1-30H. The van der Waals surface area contributed by atoms with Crippen molar-refractivity contribution >= 4 is 56.1 Å². The Bertz CT molecular complexity index is 2150. The van der Waals surface area contributed by atoms with Crippen molar-refractivity contribution in [3.05, 3.63) is 182 Å². The van der Waals surface area contributed by atoms with Gasteiger partial charge in [-0.05, 0) is 103 Å². The minimum atomic E-state index is 0.952. The van der Waals surface area contributed by atoms with E-state index in [1.807, 2.05) is 18.3 Å². The van der Waals surface area contributed by atoms with Gasteiger partial charge in [0.1, 0.15) is 5.65 Å². The number of rotatable bonds is 7. The molecule has 0 amide bonds. The van der Waals surface area contributed by atoms with Crippen molar-refractivity contribution in [2.75, 3.05) is 9.80 Å². The third kappa shape index (κ3) is 4.89. The summed E-state index contributed by atoms with van der Waals surface area (Å²) in [5, 5.41) is 2.29. The summed E-state index contributed by atoms with van der Waals surface area (Å²) in [6.07, 6.45) is 1.87. The van der Waals surface area contributed by atoms with Crippen LogP contribution in [0.25, 0.3) is 27.6 Å². The van der Waals surface area contributed by atoms with E-state index >= 15 is 0 Å². The molecule has 8 rings (SSSR count). The molecule has 2 aromatic heterocycles. The minimum absolute atomic E-state index is 0.952. The fourth-order valence-electron chi connectivity index (χ4n) is 6.19. The van der Waals surface area contributed by atoms with Gasteiger partial charge in [0.25, 0.3) is 0 Å². The van der Waals surface area contributed by atoms with Crippen LogP contribution in [0.5, 0.6) is 0 Å². The number of hydrogen-bond donors (Lipinski definition) is 0. The normalized spacial score (nSPS) is 11.1. The second-order valence-electron chi connectivity index (χ2n) is 10.9. The van der Waals surface area contributed by atoms with E-state index in [2.05, 4.69) is 178 Å². The Morgan fingerprint density at radius 1 is 0.378 bits per heavy atom. The Morgan fingerprint density at radius 2 is 0.822 bits per heavy atom. The Morgan fingerprint density at radius 3 is 1.36 bits per heavy atom. The lowest BCUT2D eigenvalue weighted by atomic mass is 10.1. The smallest absolute Gasteiger partial charge is 0.145 e. The van der Waals surface area contributed by atoms with Gasteiger partial charge in [0.15, 0.2) is 0 Å². The molecule has 0 saturated heterocycles. The van der Waals surface area contributed by atoms with E-state index < -0.39 is 0 Å². The maximum absolute atomic E-state index is 4.81. The quantitative estimate of drug-likeness (QED) is 0.188. The van der Waals surface area contributed by atoms with Gasteiger partial charge in [-0.1, -0.05) is 72.8 Å². The van der Waals surface area contributed by atoms with Crippen molar-refractivity contribution in [2.45, 2.75) is 0 Å². The molecule has 0 N–H and O–H groups in total. The SMILES string of the molecule is c1ccc(N(c2ccccc2)c2ccc(N(c3ccccc3)c3ccc4c(c3)c3cccnc3n4-c3ccccc3)cc2)cc1. The second kappa shape index (κ2) is 11.5. The van der Waals surface area contributed by atoms with Gasteiger partial charge >= 0.3 is 0 Å². The molecule has 214 valence electrons. The van der Waals surface area contributed by atoms with Crippen molar-refractivity contribution in [1.82, 2.24) is 9.55 Å². The number of benzene rings is 6. The Hall–Kier alpha value is -6.13. The summed E-state index contributed by atoms with van der Waals surface area (Å²) >= 11 is 0. The molecule has 0 bridgehead atoms. The van der Waals surface area contributed by atoms with E-state index in [1.54, 1.807) is 0 Å². The highest BCUT2D eigenvalue weighted by molar-refractivity contribution is 6.09. The lowest BCUT2D eigenvalue weighted by Crippen LogP contribution is -2.12. The highest BCUT2D eigenvalue weighted by Gasteiger charge is 2.19. The van der Waals surface area contributed by atoms with Crippen LogP contribution in [-0.4, -0.2) is 9.55 Å². The van der Waals surface area contributed by atoms with Gasteiger partial charge in [-0.2, -0.15) is 0 Å². The average molecular weight is 579 g/mol. The van der Waals surface area contributed by atoms with Crippen molar-refractivity contribution in [1.29, 1.82) is 0 Å². The van der Waals surface area contributed by atoms with E-state index in [-0.39, 0.29) is 0 Å². The second-order valence-corrected chi connectivity index (χ2v) is 10.9. The highest BCUT2D eigenvalue weighted by Crippen LogP contribution is 2.41. The van der Waals surface area contributed by atoms with Crippen LogP contribution in [0.4, 0.5) is 34.1 Å². The highest BCUT2D eigenvalue weighted by atomic mass is 15.2. The molecule has 0 fully saturated rings. The molecule has 0 saturated carbocycles. The topological polar surface area (TPSA) is 24.3 Å². The molecule has 4 heteroatoms. The van der Waals surface area contributed by atoms with Gasteiger partial charge in [-0.15, -0.1) is 0 Å². The zero-order chi connectivity index (χ0) is 30.0. The average Bonchev–Trinajstić information content (AvgIpc) is 3.45. The maximum Gasteiger partial charge on any atom is 0.145 e. The van der Waals surface area contributed by atoms with Gasteiger partial charge in [0, 0.05) is 56.8 Å². The predicted molar refractivity (Wildman–Crippen MR) is 188 cm³/mol. The van der Waals surface area contributed by atoms with E-state index in [4.69, 9.17) is 4.98 Å². The molecule has 0 atom stereocenters. The van der Waals surface area contributed by atoms with Gasteiger partial charge < -0.3 is 9.80 Å². The number of hydrogen-bond acceptors (Lipinski definition) is 3. The first-order chi connectivity index (χ1) is 22.3. The minimum Gasteiger partial charge on any atom is -0.311 e. The molecule has 0 unspecified atom stereocenters. The first kappa shape index (κ1) is 26.5. The molecule has 0 aliphatic heterocycles. The summed E-state index contributed by atoms with van der Waals surface area (Å²) in [6, 6.07) is 61.8. The van der Waals surface area contributed by atoms with Crippen LogP contribution in [0.15, 0.2) is 182 Å². The molecule has 6 aromatic carbocycles. The summed E-state index contributed by atoms with van der Waals surface area (Å²) in [6.45, 7) is 0. The van der Waals surface area contributed by atoms with Crippen molar-refractivity contribution < 1.29 is 0 Å². The summed E-state index contributed by atoms with van der Waals surface area (Å²) < 4.78 is 2.25. The first-order valence-corrected chi connectivity index (χ1v) is 15.2. The third-order valence-corrected chi connectivity index (χ3v) is 8.19. The van der Waals surface area contributed by atoms with Crippen molar-refractivity contribution in [3.63, 3.8) is 0 Å².